The molecule has 0 unspecified atom stereocenters. The zero-order valence-corrected chi connectivity index (χ0v) is 18.9. The largest absolute Gasteiger partial charge is 0.349 e. The molecule has 2 aromatic heterocycles. The summed E-state index contributed by atoms with van der Waals surface area (Å²) in [6.45, 7) is 2.92. The molecule has 6 nitrogen and oxygen atoms in total. The number of nitrogens with one attached hydrogen (secondary N) is 1. The number of carbonyl (C=O) groups is 1. The van der Waals surface area contributed by atoms with Gasteiger partial charge in [0.05, 0.1) is 11.4 Å². The molecule has 1 amide bonds. The molecule has 0 atom stereocenters. The van der Waals surface area contributed by atoms with E-state index in [-0.39, 0.29) is 11.9 Å². The summed E-state index contributed by atoms with van der Waals surface area (Å²) in [6, 6.07) is 26.5. The minimum Gasteiger partial charge on any atom is -0.349 e. The molecule has 6 heteroatoms. The van der Waals surface area contributed by atoms with E-state index in [2.05, 4.69) is 40.5 Å². The van der Waals surface area contributed by atoms with Gasteiger partial charge in [-0.3, -0.25) is 9.69 Å². The number of amides is 1. The zero-order valence-electron chi connectivity index (χ0n) is 18.9. The van der Waals surface area contributed by atoms with Gasteiger partial charge in [-0.25, -0.2) is 4.68 Å². The Morgan fingerprint density at radius 1 is 0.970 bits per heavy atom. The number of nitrogens with zero attached hydrogens (tertiary/aromatic N) is 4. The summed E-state index contributed by atoms with van der Waals surface area (Å²) < 4.78 is 3.77. The van der Waals surface area contributed by atoms with E-state index in [1.165, 1.54) is 5.56 Å². The molecule has 0 aliphatic carbocycles. The predicted octanol–water partition coefficient (Wildman–Crippen LogP) is 4.27. The number of hydrogen-bond acceptors (Lipinski definition) is 3. The van der Waals surface area contributed by atoms with E-state index < -0.39 is 0 Å². The maximum atomic E-state index is 13.4. The van der Waals surface area contributed by atoms with Crippen molar-refractivity contribution in [1.82, 2.24) is 24.6 Å². The van der Waals surface area contributed by atoms with Crippen molar-refractivity contribution in [3.05, 3.63) is 96.3 Å². The van der Waals surface area contributed by atoms with Gasteiger partial charge in [-0.15, -0.1) is 0 Å². The van der Waals surface area contributed by atoms with Crippen LogP contribution in [0.3, 0.4) is 0 Å². The molecule has 1 aliphatic heterocycles. The summed E-state index contributed by atoms with van der Waals surface area (Å²) in [4.78, 5) is 15.8. The Balaban J connectivity index is 1.30. The molecule has 3 heterocycles. The van der Waals surface area contributed by atoms with Crippen LogP contribution in [0.25, 0.3) is 17.1 Å². The van der Waals surface area contributed by atoms with E-state index >= 15 is 0 Å². The highest BCUT2D eigenvalue weighted by Crippen LogP contribution is 2.23. The number of rotatable bonds is 6. The lowest BCUT2D eigenvalue weighted by Gasteiger charge is -2.32. The number of piperidine rings is 1. The van der Waals surface area contributed by atoms with Gasteiger partial charge in [-0.1, -0.05) is 48.5 Å². The van der Waals surface area contributed by atoms with E-state index in [0.29, 0.717) is 5.69 Å². The number of hydrogen-bond donors (Lipinski definition) is 1. The number of aryl methyl sites for hydroxylation is 1. The molecule has 0 saturated carbocycles. The molecule has 4 aromatic rings. The standard InChI is InChI=1S/C27H29N5O/c1-30-16-8-13-25(30)24-19-26(32(29-24)23-11-6-3-7-12-23)27(33)28-22-14-17-31(18-15-22)20-21-9-4-2-5-10-21/h2-13,16,19,22H,14-15,17-18,20H2,1H3,(H,28,33). The van der Waals surface area contributed by atoms with Gasteiger partial charge in [0.15, 0.2) is 0 Å². The summed E-state index contributed by atoms with van der Waals surface area (Å²) in [5, 5.41) is 8.05. The van der Waals surface area contributed by atoms with Crippen molar-refractivity contribution >= 4 is 5.91 Å². The highest BCUT2D eigenvalue weighted by molar-refractivity contribution is 5.94. The van der Waals surface area contributed by atoms with Crippen LogP contribution in [0.15, 0.2) is 85.1 Å². The maximum absolute atomic E-state index is 13.4. The van der Waals surface area contributed by atoms with Crippen molar-refractivity contribution in [2.24, 2.45) is 7.05 Å². The van der Waals surface area contributed by atoms with Crippen LogP contribution in [0, 0.1) is 0 Å². The van der Waals surface area contributed by atoms with Crippen molar-refractivity contribution in [2.75, 3.05) is 13.1 Å². The highest BCUT2D eigenvalue weighted by Gasteiger charge is 2.24. The third kappa shape index (κ3) is 4.76. The van der Waals surface area contributed by atoms with Crippen molar-refractivity contribution < 1.29 is 4.79 Å². The molecule has 1 saturated heterocycles. The summed E-state index contributed by atoms with van der Waals surface area (Å²) in [5.41, 5.74) is 4.53. The molecular weight excluding hydrogens is 410 g/mol. The van der Waals surface area contributed by atoms with Crippen molar-refractivity contribution in [1.29, 1.82) is 0 Å². The summed E-state index contributed by atoms with van der Waals surface area (Å²) >= 11 is 0. The maximum Gasteiger partial charge on any atom is 0.270 e. The Morgan fingerprint density at radius 2 is 1.67 bits per heavy atom. The molecule has 0 radical (unpaired) electrons. The molecule has 1 aliphatic rings. The minimum absolute atomic E-state index is 0.0756. The highest BCUT2D eigenvalue weighted by atomic mass is 16.2. The van der Waals surface area contributed by atoms with Gasteiger partial charge in [0, 0.05) is 38.9 Å². The first-order valence-corrected chi connectivity index (χ1v) is 11.5. The molecular formula is C27H29N5O. The van der Waals surface area contributed by atoms with Gasteiger partial charge in [0.25, 0.3) is 5.91 Å². The molecule has 1 N–H and O–H groups in total. The molecule has 5 rings (SSSR count). The third-order valence-corrected chi connectivity index (χ3v) is 6.32. The average molecular weight is 440 g/mol. The first kappa shape index (κ1) is 21.2. The number of aromatic nitrogens is 3. The SMILES string of the molecule is Cn1cccc1-c1cc(C(=O)NC2CCN(Cc3ccccc3)CC2)n(-c2ccccc2)n1. The van der Waals surface area contributed by atoms with Crippen LogP contribution >= 0.6 is 0 Å². The second-order valence-corrected chi connectivity index (χ2v) is 8.68. The number of para-hydroxylation sites is 1. The van der Waals surface area contributed by atoms with Crippen LogP contribution in [0.4, 0.5) is 0 Å². The first-order chi connectivity index (χ1) is 16.2. The fourth-order valence-corrected chi connectivity index (χ4v) is 4.50. The number of likely N-dealkylation sites (tertiary alicyclic amines) is 1. The fraction of sp³-hybridized carbons (Fsp3) is 0.259. The van der Waals surface area contributed by atoms with Crippen LogP contribution in [-0.4, -0.2) is 44.3 Å². The van der Waals surface area contributed by atoms with Gasteiger partial charge in [-0.05, 0) is 48.7 Å². The van der Waals surface area contributed by atoms with Gasteiger partial charge >= 0.3 is 0 Å². The Bertz CT molecular complexity index is 1200. The van der Waals surface area contributed by atoms with E-state index in [1.807, 2.05) is 66.3 Å². The molecule has 0 spiro atoms. The Hall–Kier alpha value is -3.64. The minimum atomic E-state index is -0.0756. The van der Waals surface area contributed by atoms with Gasteiger partial charge < -0.3 is 9.88 Å². The lowest BCUT2D eigenvalue weighted by atomic mass is 10.0. The Labute approximate surface area is 194 Å². The van der Waals surface area contributed by atoms with Crippen LogP contribution < -0.4 is 5.32 Å². The summed E-state index contributed by atoms with van der Waals surface area (Å²) in [7, 11) is 1.99. The summed E-state index contributed by atoms with van der Waals surface area (Å²) in [5.74, 6) is -0.0756. The van der Waals surface area contributed by atoms with Crippen molar-refractivity contribution in [2.45, 2.75) is 25.4 Å². The molecule has 0 bridgehead atoms. The average Bonchev–Trinajstić information content (AvgIpc) is 3.48. The zero-order chi connectivity index (χ0) is 22.6. The van der Waals surface area contributed by atoms with E-state index in [9.17, 15) is 4.79 Å². The van der Waals surface area contributed by atoms with Crippen LogP contribution in [-0.2, 0) is 13.6 Å². The van der Waals surface area contributed by atoms with Crippen LogP contribution in [0.2, 0.25) is 0 Å². The lowest BCUT2D eigenvalue weighted by Crippen LogP contribution is -2.44. The molecule has 1 fully saturated rings. The van der Waals surface area contributed by atoms with E-state index in [0.717, 1.165) is 49.6 Å². The van der Waals surface area contributed by atoms with E-state index in [1.54, 1.807) is 4.68 Å². The third-order valence-electron chi connectivity index (χ3n) is 6.32. The molecule has 2 aromatic carbocycles. The Morgan fingerprint density at radius 3 is 2.33 bits per heavy atom. The molecule has 168 valence electrons. The van der Waals surface area contributed by atoms with Crippen LogP contribution in [0.5, 0.6) is 0 Å². The van der Waals surface area contributed by atoms with Gasteiger partial charge in [0.2, 0.25) is 0 Å². The van der Waals surface area contributed by atoms with Gasteiger partial charge in [0.1, 0.15) is 11.4 Å². The molecule has 33 heavy (non-hydrogen) atoms. The fourth-order valence-electron chi connectivity index (χ4n) is 4.50. The first-order valence-electron chi connectivity index (χ1n) is 11.5. The van der Waals surface area contributed by atoms with E-state index in [4.69, 9.17) is 5.10 Å². The predicted molar refractivity (Wildman–Crippen MR) is 130 cm³/mol. The number of carbonyl (C=O) groups excluding carboxylic acids is 1. The lowest BCUT2D eigenvalue weighted by molar-refractivity contribution is 0.0901. The normalized spacial score (nSPS) is 14.9. The number of benzene rings is 2. The monoisotopic (exact) mass is 439 g/mol. The van der Waals surface area contributed by atoms with Gasteiger partial charge in [-0.2, -0.15) is 5.10 Å². The second kappa shape index (κ2) is 9.46. The second-order valence-electron chi connectivity index (χ2n) is 8.68. The van der Waals surface area contributed by atoms with Crippen molar-refractivity contribution in [3.8, 4) is 17.1 Å². The smallest absolute Gasteiger partial charge is 0.270 e. The quantitative estimate of drug-likeness (QED) is 0.488. The van der Waals surface area contributed by atoms with Crippen molar-refractivity contribution in [3.63, 3.8) is 0 Å². The summed E-state index contributed by atoms with van der Waals surface area (Å²) in [6.07, 6.45) is 3.88. The Kier molecular flexibility index (Phi) is 6.09. The van der Waals surface area contributed by atoms with Crippen LogP contribution in [0.1, 0.15) is 28.9 Å². The topological polar surface area (TPSA) is 55.1 Å².